The minimum Gasteiger partial charge on any atom is -0.432 e. The maximum absolute atomic E-state index is 13.6. The SMILES string of the molecule is O=C1CCC(n2c(=O)oc3c(C4CCN(Cc5cnc(-c6cccc(S(=O)N7CCC(Nc8ncc(OC(F)F)cn8)CC7)c6)nc5)CC4)cccc32)C(=O)N1. The Balaban J connectivity index is 0.839. The fraction of sp³-hybridized carbons (Fsp3) is 0.395. The van der Waals surface area contributed by atoms with Crippen LogP contribution in [0.3, 0.4) is 0 Å². The van der Waals surface area contributed by atoms with Gasteiger partial charge in [0, 0.05) is 61.2 Å². The second-order valence-electron chi connectivity index (χ2n) is 14.1. The van der Waals surface area contributed by atoms with E-state index in [1.54, 1.807) is 6.07 Å². The Labute approximate surface area is 322 Å². The third-order valence-corrected chi connectivity index (χ3v) is 12.0. The molecule has 2 amide bonds. The predicted octanol–water partition coefficient (Wildman–Crippen LogP) is 4.40. The number of carbonyl (C=O) groups is 2. The number of imide groups is 1. The van der Waals surface area contributed by atoms with Gasteiger partial charge in [-0.05, 0) is 69.3 Å². The molecule has 3 aromatic heterocycles. The molecular formula is C38H39F2N9O6S. The summed E-state index contributed by atoms with van der Waals surface area (Å²) in [5.41, 5.74) is 3.75. The van der Waals surface area contributed by atoms with Gasteiger partial charge in [-0.15, -0.1) is 0 Å². The van der Waals surface area contributed by atoms with E-state index in [2.05, 4.69) is 40.2 Å². The molecule has 0 aliphatic carbocycles. The first-order valence-electron chi connectivity index (χ1n) is 18.5. The van der Waals surface area contributed by atoms with E-state index in [-0.39, 0.29) is 36.5 Å². The molecule has 2 unspecified atom stereocenters. The number of ether oxygens (including phenoxy) is 1. The van der Waals surface area contributed by atoms with Crippen LogP contribution in [0, 0.1) is 0 Å². The molecule has 3 fully saturated rings. The van der Waals surface area contributed by atoms with Crippen molar-refractivity contribution in [2.75, 3.05) is 31.5 Å². The van der Waals surface area contributed by atoms with Gasteiger partial charge >= 0.3 is 12.4 Å². The molecule has 2 N–H and O–H groups in total. The van der Waals surface area contributed by atoms with Crippen molar-refractivity contribution in [1.82, 2.24) is 39.0 Å². The minimum atomic E-state index is -2.94. The Kier molecular flexibility index (Phi) is 10.9. The lowest BCUT2D eigenvalue weighted by Crippen LogP contribution is -2.43. The maximum atomic E-state index is 13.6. The van der Waals surface area contributed by atoms with Crippen molar-refractivity contribution < 1.29 is 31.7 Å². The topological polar surface area (TPSA) is 178 Å². The number of piperidine rings is 3. The highest BCUT2D eigenvalue weighted by Crippen LogP contribution is 2.35. The number of para-hydroxylation sites is 1. The number of fused-ring (bicyclic) bond motifs is 1. The van der Waals surface area contributed by atoms with Gasteiger partial charge in [-0.2, -0.15) is 8.78 Å². The van der Waals surface area contributed by atoms with Crippen LogP contribution in [0.15, 0.2) is 81.4 Å². The van der Waals surface area contributed by atoms with Crippen LogP contribution in [0.2, 0.25) is 0 Å². The zero-order chi connectivity index (χ0) is 38.8. The summed E-state index contributed by atoms with van der Waals surface area (Å²) in [5.74, 6) is -0.505. The van der Waals surface area contributed by atoms with E-state index in [9.17, 15) is 27.4 Å². The van der Waals surface area contributed by atoms with E-state index >= 15 is 0 Å². The molecule has 0 radical (unpaired) electrons. The van der Waals surface area contributed by atoms with E-state index in [4.69, 9.17) is 4.42 Å². The summed E-state index contributed by atoms with van der Waals surface area (Å²) in [6.07, 6.45) is 9.56. The summed E-state index contributed by atoms with van der Waals surface area (Å²) >= 11 is 0. The number of benzene rings is 2. The number of oxazole rings is 1. The molecule has 292 valence electrons. The fourth-order valence-electron chi connectivity index (χ4n) is 7.66. The number of hydrogen-bond donors (Lipinski definition) is 2. The average molecular weight is 788 g/mol. The van der Waals surface area contributed by atoms with Crippen molar-refractivity contribution in [3.05, 3.63) is 88.9 Å². The summed E-state index contributed by atoms with van der Waals surface area (Å²) in [7, 11) is -1.39. The van der Waals surface area contributed by atoms with Crippen LogP contribution >= 0.6 is 0 Å². The van der Waals surface area contributed by atoms with Gasteiger partial charge in [-0.1, -0.05) is 24.3 Å². The van der Waals surface area contributed by atoms with Crippen LogP contribution in [0.4, 0.5) is 14.7 Å². The lowest BCUT2D eigenvalue weighted by molar-refractivity contribution is -0.135. The first kappa shape index (κ1) is 37.5. The van der Waals surface area contributed by atoms with Crippen LogP contribution in [0.5, 0.6) is 5.75 Å². The highest BCUT2D eigenvalue weighted by molar-refractivity contribution is 7.82. The lowest BCUT2D eigenvalue weighted by atomic mass is 9.88. The average Bonchev–Trinajstić information content (AvgIpc) is 3.54. The van der Waals surface area contributed by atoms with Gasteiger partial charge in [-0.3, -0.25) is 24.4 Å². The second-order valence-corrected chi connectivity index (χ2v) is 15.6. The van der Waals surface area contributed by atoms with Crippen molar-refractivity contribution in [2.45, 2.75) is 74.6 Å². The number of rotatable bonds is 11. The first-order chi connectivity index (χ1) is 27.2. The Morgan fingerprint density at radius 2 is 1.64 bits per heavy atom. The molecule has 2 aromatic carbocycles. The number of anilines is 1. The number of hydrogen-bond acceptors (Lipinski definition) is 12. The Hall–Kier alpha value is -5.46. The van der Waals surface area contributed by atoms with Crippen molar-refractivity contribution in [3.8, 4) is 17.1 Å². The molecule has 56 heavy (non-hydrogen) atoms. The van der Waals surface area contributed by atoms with Crippen LogP contribution in [0.25, 0.3) is 22.5 Å². The van der Waals surface area contributed by atoms with Crippen molar-refractivity contribution in [3.63, 3.8) is 0 Å². The molecule has 0 saturated carbocycles. The third kappa shape index (κ3) is 8.22. The molecule has 0 bridgehead atoms. The zero-order valence-corrected chi connectivity index (χ0v) is 31.0. The number of carbonyl (C=O) groups excluding carboxylic acids is 2. The maximum Gasteiger partial charge on any atom is 0.420 e. The summed E-state index contributed by atoms with van der Waals surface area (Å²) in [4.78, 5) is 57.5. The van der Waals surface area contributed by atoms with Crippen molar-refractivity contribution in [2.24, 2.45) is 0 Å². The molecule has 6 heterocycles. The standard InChI is InChI=1S/C38H39F2N9O6S/c39-36(40)54-27-20-43-37(44-21-27)45-26-11-15-48(16-12-26)56(53)28-4-1-3-25(17-28)34-41-18-23(19-42-34)22-47-13-9-24(10-14-47)29-5-2-6-30-33(29)55-38(52)49(30)31-7-8-32(50)46-35(31)51/h1-6,17-21,24,26,31,36H,7-16,22H2,(H,43,44,45)(H,46,50,51). The number of aromatic nitrogens is 5. The van der Waals surface area contributed by atoms with E-state index in [0.29, 0.717) is 60.2 Å². The largest absolute Gasteiger partial charge is 0.432 e. The normalized spacial score (nSPS) is 19.7. The van der Waals surface area contributed by atoms with Crippen LogP contribution in [-0.2, 0) is 27.1 Å². The van der Waals surface area contributed by atoms with Gasteiger partial charge in [0.05, 0.1) is 22.8 Å². The number of nitrogens with one attached hydrogen (secondary N) is 2. The number of nitrogens with zero attached hydrogens (tertiary/aromatic N) is 7. The number of halogens is 2. The van der Waals surface area contributed by atoms with Gasteiger partial charge in [0.1, 0.15) is 17.0 Å². The monoisotopic (exact) mass is 787 g/mol. The van der Waals surface area contributed by atoms with Crippen LogP contribution < -0.4 is 21.1 Å². The van der Waals surface area contributed by atoms with Gasteiger partial charge in [-0.25, -0.2) is 33.2 Å². The summed E-state index contributed by atoms with van der Waals surface area (Å²) in [6, 6.07) is 12.4. The predicted molar refractivity (Wildman–Crippen MR) is 200 cm³/mol. The van der Waals surface area contributed by atoms with E-state index in [1.807, 2.05) is 53.1 Å². The molecule has 15 nitrogen and oxygen atoms in total. The highest BCUT2D eigenvalue weighted by Gasteiger charge is 2.33. The molecule has 8 rings (SSSR count). The van der Waals surface area contributed by atoms with Crippen molar-refractivity contribution in [1.29, 1.82) is 0 Å². The lowest BCUT2D eigenvalue weighted by Gasteiger charge is -2.32. The highest BCUT2D eigenvalue weighted by atomic mass is 32.2. The van der Waals surface area contributed by atoms with Gasteiger partial charge in [0.2, 0.25) is 17.8 Å². The number of likely N-dealkylation sites (tertiary alicyclic amines) is 1. The molecule has 3 aliphatic heterocycles. The van der Waals surface area contributed by atoms with Gasteiger partial charge in [0.15, 0.2) is 17.2 Å². The summed E-state index contributed by atoms with van der Waals surface area (Å²) < 4.78 is 51.7. The fourth-order valence-corrected chi connectivity index (χ4v) is 8.93. The Morgan fingerprint density at radius 1 is 0.911 bits per heavy atom. The summed E-state index contributed by atoms with van der Waals surface area (Å²) in [5, 5.41) is 5.53. The Bertz CT molecular complexity index is 2290. The van der Waals surface area contributed by atoms with Crippen molar-refractivity contribution >= 4 is 39.8 Å². The molecule has 5 aromatic rings. The quantitative estimate of drug-likeness (QED) is 0.181. The van der Waals surface area contributed by atoms with E-state index in [0.717, 1.165) is 42.6 Å². The molecule has 2 atom stereocenters. The minimum absolute atomic E-state index is 0.0424. The number of amides is 2. The molecule has 18 heteroatoms. The second kappa shape index (κ2) is 16.3. The van der Waals surface area contributed by atoms with Gasteiger partial charge < -0.3 is 14.5 Å². The van der Waals surface area contributed by atoms with E-state index in [1.165, 1.54) is 17.0 Å². The molecule has 3 aliphatic rings. The molecule has 0 spiro atoms. The third-order valence-electron chi connectivity index (χ3n) is 10.5. The molecular weight excluding hydrogens is 749 g/mol. The zero-order valence-electron chi connectivity index (χ0n) is 30.2. The van der Waals surface area contributed by atoms with E-state index < -0.39 is 35.3 Å². The van der Waals surface area contributed by atoms with Gasteiger partial charge in [0.25, 0.3) is 0 Å². The number of alkyl halides is 2. The Morgan fingerprint density at radius 3 is 2.36 bits per heavy atom. The first-order valence-corrected chi connectivity index (χ1v) is 19.6. The van der Waals surface area contributed by atoms with Crippen LogP contribution in [0.1, 0.15) is 61.6 Å². The summed E-state index contributed by atoms with van der Waals surface area (Å²) in [6.45, 7) is 0.535. The molecule has 3 saturated heterocycles. The van der Waals surface area contributed by atoms with Crippen LogP contribution in [-0.4, -0.2) is 88.6 Å². The smallest absolute Gasteiger partial charge is 0.420 e.